The van der Waals surface area contributed by atoms with Crippen LogP contribution in [0, 0.1) is 18.8 Å². The molecule has 2 nitrogen and oxygen atoms in total. The van der Waals surface area contributed by atoms with Crippen LogP contribution in [-0.2, 0) is 19.5 Å². The van der Waals surface area contributed by atoms with Gasteiger partial charge in [0, 0.05) is 31.4 Å². The predicted molar refractivity (Wildman–Crippen MR) is 67.4 cm³/mol. The summed E-state index contributed by atoms with van der Waals surface area (Å²) >= 11 is 0. The maximum absolute atomic E-state index is 4.12. The molecular formula is C14H16N2RbRfRh-. The molecule has 0 spiro atoms. The van der Waals surface area contributed by atoms with Crippen molar-refractivity contribution < 1.29 is 77.7 Å². The van der Waals surface area contributed by atoms with Crippen LogP contribution in [0.1, 0.15) is 25.4 Å². The smallest absolute Gasteiger partial charge is 0.378 e. The van der Waals surface area contributed by atoms with Gasteiger partial charge >= 0.3 is 58.2 Å². The second-order valence-corrected chi connectivity index (χ2v) is 4.16. The van der Waals surface area contributed by atoms with Crippen LogP contribution in [0.2, 0.25) is 0 Å². The minimum atomic E-state index is 0. The molecule has 0 aliphatic heterocycles. The number of nitrogens with one attached hydrogen (secondary N) is 1. The van der Waals surface area contributed by atoms with Crippen LogP contribution >= 0.6 is 0 Å². The summed E-state index contributed by atoms with van der Waals surface area (Å²) in [5, 5.41) is 0. The van der Waals surface area contributed by atoms with E-state index in [9.17, 15) is 0 Å². The van der Waals surface area contributed by atoms with Crippen LogP contribution in [0.3, 0.4) is 0 Å². The van der Waals surface area contributed by atoms with E-state index in [4.69, 9.17) is 0 Å². The first-order chi connectivity index (χ1) is 7.65. The molecule has 1 radical (unpaired) electrons. The molecule has 1 aromatic heterocycles. The standard InChI is InChI=1S/C14H16N2.Rb.Rf.Rh/c1-10-4-5-11(2)8-13(7-6-10)14-9-15-12(3)16-14;;;/h4-10H,3H2,1-2H3,(H,15,16);;;/q-2;+1;;/b5-4-,7-6-,13-8+;;;. The maximum atomic E-state index is 4.12. The molecule has 1 aliphatic carbocycles. The second-order valence-electron chi connectivity index (χ2n) is 4.16. The Labute approximate surface area is 171 Å². The Morgan fingerprint density at radius 2 is 2.05 bits per heavy atom. The van der Waals surface area contributed by atoms with E-state index in [-0.39, 0.29) is 77.7 Å². The van der Waals surface area contributed by atoms with Gasteiger partial charge in [-0.3, -0.25) is 4.98 Å². The van der Waals surface area contributed by atoms with Crippen molar-refractivity contribution in [2.75, 3.05) is 0 Å². The van der Waals surface area contributed by atoms with Gasteiger partial charge < -0.3 is 11.9 Å². The molecule has 1 aromatic rings. The molecule has 95 valence electrons. The molecule has 0 amide bonds. The first-order valence-corrected chi connectivity index (χ1v) is 5.44. The number of hydrogen-bond acceptors (Lipinski definition) is 1. The number of rotatable bonds is 1. The molecule has 1 atom stereocenters. The van der Waals surface area contributed by atoms with E-state index < -0.39 is 0 Å². The van der Waals surface area contributed by atoms with E-state index in [1.165, 1.54) is 5.92 Å². The van der Waals surface area contributed by atoms with Crippen LogP contribution < -0.4 is 58.2 Å². The Bertz CT molecular complexity index is 466. The van der Waals surface area contributed by atoms with E-state index in [0.29, 0.717) is 11.7 Å². The molecule has 0 saturated carbocycles. The Kier molecular flexibility index (Phi) is 10.4. The van der Waals surface area contributed by atoms with Crippen LogP contribution in [0.25, 0.3) is 5.57 Å². The van der Waals surface area contributed by atoms with E-state index in [2.05, 4.69) is 61.1 Å². The molecule has 19 heavy (non-hydrogen) atoms. The summed E-state index contributed by atoms with van der Waals surface area (Å²) in [7, 11) is 0. The zero-order chi connectivity index (χ0) is 11.5. The van der Waals surface area contributed by atoms with Gasteiger partial charge in [0.05, 0.1) is 0 Å². The predicted octanol–water partition coefficient (Wildman–Crippen LogP) is 0.333. The molecule has 1 N–H and O–H groups in total. The van der Waals surface area contributed by atoms with Crippen LogP contribution in [-0.4, -0.2) is 9.97 Å². The van der Waals surface area contributed by atoms with Gasteiger partial charge in [0.15, 0.2) is 0 Å². The number of aromatic nitrogens is 2. The SMILES string of the molecule is [CH2-]c1ncc(C2=C/[C-](C)/C=C\C(C)/C=C\2)[nH]1.[Rb+].[Rf].[Rh]. The van der Waals surface area contributed by atoms with Gasteiger partial charge in [0.1, 0.15) is 0 Å². The summed E-state index contributed by atoms with van der Waals surface area (Å²) in [4.78, 5) is 7.27. The maximum Gasteiger partial charge on any atom is 1.00 e. The van der Waals surface area contributed by atoms with Crippen molar-refractivity contribution in [3.8, 4) is 0 Å². The topological polar surface area (TPSA) is 28.7 Å². The van der Waals surface area contributed by atoms with E-state index in [1.54, 1.807) is 0 Å². The Hall–Kier alpha value is -0.401. The van der Waals surface area contributed by atoms with Crippen LogP contribution in [0.5, 0.6) is 0 Å². The van der Waals surface area contributed by atoms with Gasteiger partial charge in [0.2, 0.25) is 0 Å². The Balaban J connectivity index is 0. The van der Waals surface area contributed by atoms with Gasteiger partial charge in [-0.2, -0.15) is 24.1 Å². The summed E-state index contributed by atoms with van der Waals surface area (Å²) in [6, 6.07) is 0. The fourth-order valence-corrected chi connectivity index (χ4v) is 1.64. The third-order valence-corrected chi connectivity index (χ3v) is 2.56. The Morgan fingerprint density at radius 3 is 2.63 bits per heavy atom. The molecule has 1 heterocycles. The molecule has 2 rings (SSSR count). The molecule has 0 aromatic carbocycles. The van der Waals surface area contributed by atoms with Crippen molar-refractivity contribution in [1.82, 2.24) is 9.97 Å². The van der Waals surface area contributed by atoms with Crippen molar-refractivity contribution in [3.05, 3.63) is 60.9 Å². The molecule has 0 saturated heterocycles. The summed E-state index contributed by atoms with van der Waals surface area (Å²) in [6.07, 6.45) is 12.6. The number of aromatic amines is 1. The zero-order valence-corrected chi connectivity index (χ0v) is 24.7. The van der Waals surface area contributed by atoms with Crippen molar-refractivity contribution in [1.29, 1.82) is 0 Å². The summed E-state index contributed by atoms with van der Waals surface area (Å²) in [6.45, 7) is 8.04. The number of allylic oxidation sites excluding steroid dienone is 6. The molecular weight excluding hydrogens is 652 g/mol. The number of nitrogens with zero attached hydrogens (tertiary/aromatic N) is 1. The molecule has 0 fully saturated rings. The molecule has 5 heteroatoms. The third-order valence-electron chi connectivity index (χ3n) is 2.56. The van der Waals surface area contributed by atoms with Gasteiger partial charge in [-0.05, 0) is 5.82 Å². The average molecular weight is 668 g/mol. The Morgan fingerprint density at radius 1 is 1.37 bits per heavy atom. The molecule has 1 unspecified atom stereocenters. The van der Waals surface area contributed by atoms with E-state index in [0.717, 1.165) is 11.3 Å². The zero-order valence-electron chi connectivity index (χ0n) is 11.7. The molecule has 0 bridgehead atoms. The van der Waals surface area contributed by atoms with Crippen LogP contribution in [0.4, 0.5) is 0 Å². The number of hydrogen-bond donors (Lipinski definition) is 1. The van der Waals surface area contributed by atoms with E-state index in [1.807, 2.05) is 6.20 Å². The normalized spacial score (nSPS) is 23.4. The molecule has 1 aliphatic rings. The monoisotopic (exact) mass is 667 g/mol. The number of H-pyrrole nitrogens is 1. The minimum absolute atomic E-state index is 0. The second kappa shape index (κ2) is 9.49. The van der Waals surface area contributed by atoms with Gasteiger partial charge in [-0.1, -0.05) is 25.3 Å². The minimum Gasteiger partial charge on any atom is -0.378 e. The van der Waals surface area contributed by atoms with Crippen molar-refractivity contribution in [2.24, 2.45) is 5.92 Å². The van der Waals surface area contributed by atoms with Gasteiger partial charge in [-0.25, -0.2) is 0 Å². The first kappa shape index (κ1) is 20.9. The first-order valence-electron chi connectivity index (χ1n) is 5.44. The summed E-state index contributed by atoms with van der Waals surface area (Å²) < 4.78 is 0. The third kappa shape index (κ3) is 6.05. The van der Waals surface area contributed by atoms with Crippen molar-refractivity contribution in [3.63, 3.8) is 0 Å². The summed E-state index contributed by atoms with van der Waals surface area (Å²) in [5.41, 5.74) is 2.17. The average Bonchev–Trinajstić information content (AvgIpc) is 2.65. The van der Waals surface area contributed by atoms with Gasteiger partial charge in [-0.15, -0.1) is 12.2 Å². The largest absolute Gasteiger partial charge is 1.00 e. The van der Waals surface area contributed by atoms with Gasteiger partial charge in [0.25, 0.3) is 0 Å². The quantitative estimate of drug-likeness (QED) is 0.340. The fraction of sp³-hybridized carbons (Fsp3) is 0.214. The van der Waals surface area contributed by atoms with Crippen molar-refractivity contribution in [2.45, 2.75) is 13.8 Å². The van der Waals surface area contributed by atoms with Crippen molar-refractivity contribution >= 4 is 5.57 Å². The number of imidazole rings is 1. The van der Waals surface area contributed by atoms with Crippen LogP contribution in [0.15, 0.2) is 36.6 Å². The fourth-order valence-electron chi connectivity index (χ4n) is 1.64. The van der Waals surface area contributed by atoms with E-state index >= 15 is 0 Å². The summed E-state index contributed by atoms with van der Waals surface area (Å²) in [5.74, 6) is 2.40.